The molecule has 1 aliphatic heterocycles. The summed E-state index contributed by atoms with van der Waals surface area (Å²) < 4.78 is 13.1. The summed E-state index contributed by atoms with van der Waals surface area (Å²) in [5.74, 6) is -0.287. The van der Waals surface area contributed by atoms with Crippen molar-refractivity contribution in [2.45, 2.75) is 31.2 Å². The van der Waals surface area contributed by atoms with E-state index < -0.39 is 0 Å². The second-order valence-electron chi connectivity index (χ2n) is 7.54. The van der Waals surface area contributed by atoms with Gasteiger partial charge in [-0.2, -0.15) is 0 Å². The molecule has 2 heterocycles. The largest absolute Gasteiger partial charge is 0.351 e. The number of benzene rings is 2. The number of halogens is 2. The molecule has 3 aromatic rings. The predicted octanol–water partition coefficient (Wildman–Crippen LogP) is 3.53. The van der Waals surface area contributed by atoms with Crippen molar-refractivity contribution in [2.24, 2.45) is 0 Å². The van der Waals surface area contributed by atoms with Gasteiger partial charge < -0.3 is 10.3 Å². The molecule has 2 aromatic carbocycles. The predicted molar refractivity (Wildman–Crippen MR) is 123 cm³/mol. The Labute approximate surface area is 194 Å². The first kappa shape index (κ1) is 22.5. The second-order valence-corrected chi connectivity index (χ2v) is 8.91. The molecule has 1 aliphatic rings. The Morgan fingerprint density at radius 1 is 1.22 bits per heavy atom. The molecular formula is C23H22ClFN4O2S. The van der Waals surface area contributed by atoms with E-state index in [1.54, 1.807) is 18.2 Å². The van der Waals surface area contributed by atoms with Crippen LogP contribution in [0.15, 0.2) is 58.5 Å². The van der Waals surface area contributed by atoms with Gasteiger partial charge in [0.25, 0.3) is 5.56 Å². The molecule has 0 atom stereocenters. The minimum atomic E-state index is -0.263. The number of rotatable bonds is 7. The van der Waals surface area contributed by atoms with E-state index in [1.807, 2.05) is 18.2 Å². The van der Waals surface area contributed by atoms with Gasteiger partial charge in [-0.25, -0.2) is 9.37 Å². The molecule has 0 fully saturated rings. The Morgan fingerprint density at radius 2 is 2.00 bits per heavy atom. The van der Waals surface area contributed by atoms with E-state index in [-0.39, 0.29) is 23.0 Å². The van der Waals surface area contributed by atoms with Crippen LogP contribution in [-0.2, 0) is 30.8 Å². The van der Waals surface area contributed by atoms with Gasteiger partial charge >= 0.3 is 0 Å². The third kappa shape index (κ3) is 5.76. The van der Waals surface area contributed by atoms with E-state index in [2.05, 4.69) is 20.2 Å². The minimum Gasteiger partial charge on any atom is -0.351 e. The molecule has 4 rings (SSSR count). The lowest BCUT2D eigenvalue weighted by Gasteiger charge is -2.27. The molecule has 0 bridgehead atoms. The van der Waals surface area contributed by atoms with E-state index in [0.717, 1.165) is 23.4 Å². The van der Waals surface area contributed by atoms with Crippen LogP contribution in [0.5, 0.6) is 0 Å². The summed E-state index contributed by atoms with van der Waals surface area (Å²) in [6.07, 6.45) is 0.646. The molecule has 1 amide bonds. The maximum atomic E-state index is 13.1. The van der Waals surface area contributed by atoms with Crippen LogP contribution in [0.4, 0.5) is 4.39 Å². The summed E-state index contributed by atoms with van der Waals surface area (Å²) in [6.45, 7) is 2.22. The molecule has 0 saturated heterocycles. The lowest BCUT2D eigenvalue weighted by Crippen LogP contribution is -2.35. The van der Waals surface area contributed by atoms with Crippen LogP contribution < -0.4 is 10.9 Å². The van der Waals surface area contributed by atoms with Gasteiger partial charge in [-0.05, 0) is 29.3 Å². The lowest BCUT2D eigenvalue weighted by molar-refractivity contribution is -0.118. The van der Waals surface area contributed by atoms with E-state index in [0.29, 0.717) is 41.8 Å². The van der Waals surface area contributed by atoms with E-state index >= 15 is 0 Å². The fourth-order valence-corrected chi connectivity index (χ4v) is 4.44. The average molecular weight is 473 g/mol. The van der Waals surface area contributed by atoms with Crippen molar-refractivity contribution in [1.82, 2.24) is 20.2 Å². The summed E-state index contributed by atoms with van der Waals surface area (Å²) >= 11 is 7.30. The fourth-order valence-electron chi connectivity index (χ4n) is 3.53. The van der Waals surface area contributed by atoms with Gasteiger partial charge in [-0.1, -0.05) is 53.7 Å². The Morgan fingerprint density at radius 3 is 2.78 bits per heavy atom. The summed E-state index contributed by atoms with van der Waals surface area (Å²) in [6, 6.07) is 13.7. The normalized spacial score (nSPS) is 13.6. The Hall–Kier alpha value is -2.68. The number of aromatic amines is 1. The van der Waals surface area contributed by atoms with Crippen molar-refractivity contribution < 1.29 is 9.18 Å². The maximum Gasteiger partial charge on any atom is 0.256 e. The topological polar surface area (TPSA) is 78.1 Å². The van der Waals surface area contributed by atoms with Crippen molar-refractivity contribution in [3.8, 4) is 0 Å². The standard InChI is InChI=1S/C23H22ClFN4O2S/c24-19-4-2-1-3-16(19)11-26-21(30)14-32-23-27-20-9-10-29(13-18(20)22(31)28-23)12-15-5-7-17(25)8-6-15/h1-8H,9-14H2,(H,26,30)(H,27,28,31). The van der Waals surface area contributed by atoms with E-state index in [9.17, 15) is 14.0 Å². The Balaban J connectivity index is 1.33. The van der Waals surface area contributed by atoms with Gasteiger partial charge in [-0.15, -0.1) is 0 Å². The first-order valence-corrected chi connectivity index (χ1v) is 11.6. The van der Waals surface area contributed by atoms with Crippen LogP contribution in [0.25, 0.3) is 0 Å². The van der Waals surface area contributed by atoms with Crippen molar-refractivity contribution in [1.29, 1.82) is 0 Å². The lowest BCUT2D eigenvalue weighted by atomic mass is 10.1. The zero-order valence-corrected chi connectivity index (χ0v) is 18.8. The molecule has 0 spiro atoms. The SMILES string of the molecule is O=C(CSc1nc2c(c(=O)[nH]1)CN(Cc1ccc(F)cc1)CC2)NCc1ccccc1Cl. The molecule has 1 aromatic heterocycles. The van der Waals surface area contributed by atoms with Gasteiger partial charge in [0.1, 0.15) is 5.82 Å². The number of hydrogen-bond acceptors (Lipinski definition) is 5. The van der Waals surface area contributed by atoms with Gasteiger partial charge in [0, 0.05) is 37.6 Å². The molecule has 2 N–H and O–H groups in total. The minimum absolute atomic E-state index is 0.142. The number of hydrogen-bond donors (Lipinski definition) is 2. The van der Waals surface area contributed by atoms with Crippen LogP contribution in [0.3, 0.4) is 0 Å². The van der Waals surface area contributed by atoms with Crippen LogP contribution in [0, 0.1) is 5.82 Å². The molecule has 0 radical (unpaired) electrons. The third-order valence-electron chi connectivity index (χ3n) is 5.22. The van der Waals surface area contributed by atoms with Crippen molar-refractivity contribution >= 4 is 29.3 Å². The highest BCUT2D eigenvalue weighted by Gasteiger charge is 2.21. The van der Waals surface area contributed by atoms with Crippen LogP contribution in [0.1, 0.15) is 22.4 Å². The molecule has 166 valence electrons. The van der Waals surface area contributed by atoms with E-state index in [4.69, 9.17) is 11.6 Å². The highest BCUT2D eigenvalue weighted by Crippen LogP contribution is 2.20. The Bertz CT molecular complexity index is 1170. The average Bonchev–Trinajstić information content (AvgIpc) is 2.79. The number of nitrogens with zero attached hydrogens (tertiary/aromatic N) is 2. The summed E-state index contributed by atoms with van der Waals surface area (Å²) in [4.78, 5) is 34.3. The van der Waals surface area contributed by atoms with Gasteiger partial charge in [-0.3, -0.25) is 14.5 Å². The fraction of sp³-hybridized carbons (Fsp3) is 0.261. The van der Waals surface area contributed by atoms with Crippen molar-refractivity contribution in [3.63, 3.8) is 0 Å². The number of carbonyl (C=O) groups excluding carboxylic acids is 1. The zero-order valence-electron chi connectivity index (χ0n) is 17.2. The summed E-state index contributed by atoms with van der Waals surface area (Å²) in [7, 11) is 0. The number of H-pyrrole nitrogens is 1. The number of aromatic nitrogens is 2. The van der Waals surface area contributed by atoms with Crippen LogP contribution >= 0.6 is 23.4 Å². The summed E-state index contributed by atoms with van der Waals surface area (Å²) in [5, 5.41) is 3.87. The second kappa shape index (κ2) is 10.3. The smallest absolute Gasteiger partial charge is 0.256 e. The molecule has 0 aliphatic carbocycles. The number of thioether (sulfide) groups is 1. The molecule has 0 unspecified atom stereocenters. The highest BCUT2D eigenvalue weighted by molar-refractivity contribution is 7.99. The molecule has 0 saturated carbocycles. The number of fused-ring (bicyclic) bond motifs is 1. The van der Waals surface area contributed by atoms with E-state index in [1.165, 1.54) is 23.9 Å². The number of amides is 1. The molecule has 9 heteroatoms. The maximum absolute atomic E-state index is 13.1. The highest BCUT2D eigenvalue weighted by atomic mass is 35.5. The molecule has 32 heavy (non-hydrogen) atoms. The zero-order chi connectivity index (χ0) is 22.5. The quantitative estimate of drug-likeness (QED) is 0.406. The molecule has 6 nitrogen and oxygen atoms in total. The van der Waals surface area contributed by atoms with Crippen LogP contribution in [-0.4, -0.2) is 33.1 Å². The third-order valence-corrected chi connectivity index (χ3v) is 6.46. The monoisotopic (exact) mass is 472 g/mol. The van der Waals surface area contributed by atoms with Gasteiger partial charge in [0.05, 0.1) is 17.0 Å². The van der Waals surface area contributed by atoms with Gasteiger partial charge in [0.15, 0.2) is 5.16 Å². The summed E-state index contributed by atoms with van der Waals surface area (Å²) in [5.41, 5.74) is 3.07. The Kier molecular flexibility index (Phi) is 7.24. The number of carbonyl (C=O) groups is 1. The van der Waals surface area contributed by atoms with Crippen molar-refractivity contribution in [3.05, 3.63) is 92.1 Å². The van der Waals surface area contributed by atoms with Crippen LogP contribution in [0.2, 0.25) is 5.02 Å². The number of nitrogens with one attached hydrogen (secondary N) is 2. The van der Waals surface area contributed by atoms with Crippen molar-refractivity contribution in [2.75, 3.05) is 12.3 Å². The van der Waals surface area contributed by atoms with Gasteiger partial charge in [0.2, 0.25) is 5.91 Å². The molecular weight excluding hydrogens is 451 g/mol. The first-order chi connectivity index (χ1) is 15.5. The first-order valence-electron chi connectivity index (χ1n) is 10.2.